The average molecular weight is 247 g/mol. The molecule has 2 aromatic heterocycles. The number of aliphatic carboxylic acids is 1. The molecule has 0 aliphatic rings. The SMILES string of the molecule is Cc1cnc2nc(CC(C)(C)CC(=O)O)[nH]c2c1. The molecular formula is C13H17N3O2. The number of H-pyrrole nitrogens is 1. The van der Waals surface area contributed by atoms with E-state index in [4.69, 9.17) is 5.11 Å². The minimum absolute atomic E-state index is 0.122. The molecule has 0 fully saturated rings. The molecule has 2 heterocycles. The van der Waals surface area contributed by atoms with Crippen LogP contribution in [0.1, 0.15) is 31.7 Å². The van der Waals surface area contributed by atoms with Gasteiger partial charge in [0, 0.05) is 12.6 Å². The molecule has 96 valence electrons. The predicted octanol–water partition coefficient (Wildman–Crippen LogP) is 2.31. The van der Waals surface area contributed by atoms with Crippen LogP contribution in [0.4, 0.5) is 0 Å². The third-order valence-corrected chi connectivity index (χ3v) is 2.80. The molecule has 0 saturated carbocycles. The lowest BCUT2D eigenvalue weighted by Gasteiger charge is -2.20. The molecule has 0 aliphatic heterocycles. The standard InChI is InChI=1S/C13H17N3O2/c1-8-4-9-12(14-7-8)16-10(15-9)5-13(2,3)6-11(17)18/h4,7H,5-6H2,1-3H3,(H,17,18)(H,14,15,16). The largest absolute Gasteiger partial charge is 0.481 e. The van der Waals surface area contributed by atoms with E-state index in [0.29, 0.717) is 12.1 Å². The lowest BCUT2D eigenvalue weighted by atomic mass is 9.85. The van der Waals surface area contributed by atoms with Gasteiger partial charge in [0.15, 0.2) is 5.65 Å². The van der Waals surface area contributed by atoms with Crippen LogP contribution >= 0.6 is 0 Å². The predicted molar refractivity (Wildman–Crippen MR) is 68.4 cm³/mol. The molecule has 2 N–H and O–H groups in total. The molecule has 5 heteroatoms. The Bertz CT molecular complexity index is 587. The van der Waals surface area contributed by atoms with E-state index in [0.717, 1.165) is 16.9 Å². The van der Waals surface area contributed by atoms with Gasteiger partial charge in [-0.1, -0.05) is 13.8 Å². The van der Waals surface area contributed by atoms with Gasteiger partial charge in [-0.05, 0) is 24.0 Å². The molecule has 0 aliphatic carbocycles. The lowest BCUT2D eigenvalue weighted by molar-refractivity contribution is -0.139. The van der Waals surface area contributed by atoms with Gasteiger partial charge in [-0.3, -0.25) is 4.79 Å². The first-order valence-corrected chi connectivity index (χ1v) is 5.89. The summed E-state index contributed by atoms with van der Waals surface area (Å²) < 4.78 is 0. The zero-order chi connectivity index (χ0) is 13.3. The van der Waals surface area contributed by atoms with Crippen LogP contribution in [0.5, 0.6) is 0 Å². The maximum absolute atomic E-state index is 10.8. The molecule has 5 nitrogen and oxygen atoms in total. The molecular weight excluding hydrogens is 230 g/mol. The highest BCUT2D eigenvalue weighted by Gasteiger charge is 2.24. The second kappa shape index (κ2) is 4.40. The van der Waals surface area contributed by atoms with Crippen LogP contribution in [-0.2, 0) is 11.2 Å². The van der Waals surface area contributed by atoms with Gasteiger partial charge in [0.1, 0.15) is 5.82 Å². The van der Waals surface area contributed by atoms with Gasteiger partial charge in [0.05, 0.1) is 11.9 Å². The topological polar surface area (TPSA) is 78.9 Å². The first-order valence-electron chi connectivity index (χ1n) is 5.89. The third-order valence-electron chi connectivity index (χ3n) is 2.80. The number of fused-ring (bicyclic) bond motifs is 1. The van der Waals surface area contributed by atoms with E-state index in [1.54, 1.807) is 6.20 Å². The van der Waals surface area contributed by atoms with Crippen LogP contribution in [0.25, 0.3) is 11.2 Å². The van der Waals surface area contributed by atoms with Crippen molar-refractivity contribution < 1.29 is 9.90 Å². The van der Waals surface area contributed by atoms with Crippen molar-refractivity contribution in [2.75, 3.05) is 0 Å². The van der Waals surface area contributed by atoms with Crippen molar-refractivity contribution in [3.8, 4) is 0 Å². The first-order chi connectivity index (χ1) is 8.35. The number of imidazole rings is 1. The zero-order valence-corrected chi connectivity index (χ0v) is 10.8. The second-order valence-electron chi connectivity index (χ2n) is 5.48. The summed E-state index contributed by atoms with van der Waals surface area (Å²) in [6.07, 6.45) is 2.49. The molecule has 2 rings (SSSR count). The van der Waals surface area contributed by atoms with Crippen molar-refractivity contribution >= 4 is 17.1 Å². The van der Waals surface area contributed by atoms with E-state index in [1.165, 1.54) is 0 Å². The Labute approximate surface area is 105 Å². The van der Waals surface area contributed by atoms with Crippen LogP contribution in [0, 0.1) is 12.3 Å². The summed E-state index contributed by atoms with van der Waals surface area (Å²) in [6.45, 7) is 5.82. The van der Waals surface area contributed by atoms with E-state index in [2.05, 4.69) is 15.0 Å². The van der Waals surface area contributed by atoms with Gasteiger partial charge < -0.3 is 10.1 Å². The minimum Gasteiger partial charge on any atom is -0.481 e. The van der Waals surface area contributed by atoms with Crippen LogP contribution in [0.2, 0.25) is 0 Å². The van der Waals surface area contributed by atoms with Crippen molar-refractivity contribution in [1.29, 1.82) is 0 Å². The van der Waals surface area contributed by atoms with E-state index < -0.39 is 5.97 Å². The van der Waals surface area contributed by atoms with Crippen LogP contribution < -0.4 is 0 Å². The summed E-state index contributed by atoms with van der Waals surface area (Å²) in [5.74, 6) is -0.000527. The molecule has 2 aromatic rings. The van der Waals surface area contributed by atoms with Gasteiger partial charge in [0.25, 0.3) is 0 Å². The molecule has 0 spiro atoms. The highest BCUT2D eigenvalue weighted by Crippen LogP contribution is 2.25. The first kappa shape index (κ1) is 12.5. The summed E-state index contributed by atoms with van der Waals surface area (Å²) >= 11 is 0. The van der Waals surface area contributed by atoms with Crippen molar-refractivity contribution in [2.24, 2.45) is 5.41 Å². The molecule has 18 heavy (non-hydrogen) atoms. The number of hydrogen-bond acceptors (Lipinski definition) is 3. The number of aromatic amines is 1. The van der Waals surface area contributed by atoms with Crippen LogP contribution in [0.3, 0.4) is 0 Å². The Kier molecular flexibility index (Phi) is 3.07. The van der Waals surface area contributed by atoms with Crippen molar-refractivity contribution in [3.05, 3.63) is 23.7 Å². The third kappa shape index (κ3) is 2.85. The van der Waals surface area contributed by atoms with Crippen LogP contribution in [0.15, 0.2) is 12.3 Å². The van der Waals surface area contributed by atoms with E-state index in [-0.39, 0.29) is 11.8 Å². The van der Waals surface area contributed by atoms with E-state index in [1.807, 2.05) is 26.8 Å². The van der Waals surface area contributed by atoms with Crippen molar-refractivity contribution in [1.82, 2.24) is 15.0 Å². The van der Waals surface area contributed by atoms with Crippen molar-refractivity contribution in [2.45, 2.75) is 33.6 Å². The molecule has 0 aromatic carbocycles. The zero-order valence-electron chi connectivity index (χ0n) is 10.8. The maximum Gasteiger partial charge on any atom is 0.303 e. The summed E-state index contributed by atoms with van der Waals surface area (Å²) in [6, 6.07) is 1.99. The Morgan fingerprint density at radius 1 is 1.50 bits per heavy atom. The number of aromatic nitrogens is 3. The fraction of sp³-hybridized carbons (Fsp3) is 0.462. The number of nitrogens with zero attached hydrogens (tertiary/aromatic N) is 2. The average Bonchev–Trinajstić information content (AvgIpc) is 2.55. The molecule has 0 radical (unpaired) electrons. The molecule has 0 unspecified atom stereocenters. The fourth-order valence-electron chi connectivity index (χ4n) is 2.06. The Morgan fingerprint density at radius 3 is 2.89 bits per heavy atom. The molecule has 0 saturated heterocycles. The summed E-state index contributed by atoms with van der Waals surface area (Å²) in [5, 5.41) is 8.86. The highest BCUT2D eigenvalue weighted by molar-refractivity contribution is 5.71. The fourth-order valence-corrected chi connectivity index (χ4v) is 2.06. The maximum atomic E-state index is 10.8. The summed E-state index contributed by atoms with van der Waals surface area (Å²) in [4.78, 5) is 22.6. The Morgan fingerprint density at radius 2 is 2.22 bits per heavy atom. The van der Waals surface area contributed by atoms with Gasteiger partial charge in [0.2, 0.25) is 0 Å². The lowest BCUT2D eigenvalue weighted by Crippen LogP contribution is -2.20. The number of carboxylic acids is 1. The summed E-state index contributed by atoms with van der Waals surface area (Å²) in [5.41, 5.74) is 2.33. The molecule has 0 bridgehead atoms. The minimum atomic E-state index is -0.787. The van der Waals surface area contributed by atoms with Gasteiger partial charge in [-0.2, -0.15) is 0 Å². The Hall–Kier alpha value is -1.91. The second-order valence-corrected chi connectivity index (χ2v) is 5.48. The normalized spacial score (nSPS) is 11.9. The van der Waals surface area contributed by atoms with Crippen molar-refractivity contribution in [3.63, 3.8) is 0 Å². The number of pyridine rings is 1. The van der Waals surface area contributed by atoms with Crippen LogP contribution in [-0.4, -0.2) is 26.0 Å². The number of carboxylic acid groups (broad SMARTS) is 1. The highest BCUT2D eigenvalue weighted by atomic mass is 16.4. The Balaban J connectivity index is 2.24. The van der Waals surface area contributed by atoms with E-state index in [9.17, 15) is 4.79 Å². The molecule has 0 atom stereocenters. The molecule has 0 amide bonds. The van der Waals surface area contributed by atoms with Gasteiger partial charge in [-0.25, -0.2) is 9.97 Å². The monoisotopic (exact) mass is 247 g/mol. The van der Waals surface area contributed by atoms with Gasteiger partial charge >= 0.3 is 5.97 Å². The number of aryl methyl sites for hydroxylation is 1. The summed E-state index contributed by atoms with van der Waals surface area (Å²) in [7, 11) is 0. The number of hydrogen-bond donors (Lipinski definition) is 2. The smallest absolute Gasteiger partial charge is 0.303 e. The van der Waals surface area contributed by atoms with Gasteiger partial charge in [-0.15, -0.1) is 0 Å². The number of nitrogens with one attached hydrogen (secondary N) is 1. The number of carbonyl (C=O) groups is 1. The number of rotatable bonds is 4. The van der Waals surface area contributed by atoms with E-state index >= 15 is 0 Å². The quantitative estimate of drug-likeness (QED) is 0.869.